The Labute approximate surface area is 171 Å². The van der Waals surface area contributed by atoms with Crippen LogP contribution in [0.4, 0.5) is 4.39 Å². The first kappa shape index (κ1) is 23.9. The summed E-state index contributed by atoms with van der Waals surface area (Å²) in [6.07, 6.45) is 11.8. The highest BCUT2D eigenvalue weighted by molar-refractivity contribution is 5.74. The van der Waals surface area contributed by atoms with Crippen LogP contribution in [0.1, 0.15) is 72.1 Å². The molecule has 152 valence electrons. The molecular weight excluding hydrogens is 345 g/mol. The van der Waals surface area contributed by atoms with Crippen LogP contribution in [0.25, 0.3) is 5.57 Å². The van der Waals surface area contributed by atoms with Gasteiger partial charge in [0.1, 0.15) is 6.17 Å². The summed E-state index contributed by atoms with van der Waals surface area (Å²) in [6.45, 7) is 14.0. The summed E-state index contributed by atoms with van der Waals surface area (Å²) in [6, 6.07) is 4.05. The van der Waals surface area contributed by atoms with E-state index in [0.717, 1.165) is 24.1 Å². The standard InChI is InChI=1S/C22H30FN.C4H6/c1-6-8-14-22(5,19(23)7-2)18-13-9-11-16(3)20(18)21-17(4)12-10-15-24-21;1-3-4-2/h8-12,14-15,18-19H,6-7,13H2,1-5H3;1-2H3. The minimum Gasteiger partial charge on any atom is -0.256 e. The quantitative estimate of drug-likeness (QED) is 0.367. The van der Waals surface area contributed by atoms with Crippen LogP contribution in [0.2, 0.25) is 0 Å². The molecule has 1 heterocycles. The van der Waals surface area contributed by atoms with E-state index >= 15 is 4.39 Å². The second-order valence-electron chi connectivity index (χ2n) is 7.51. The van der Waals surface area contributed by atoms with Gasteiger partial charge in [-0.3, -0.25) is 4.98 Å². The molecule has 1 aliphatic carbocycles. The van der Waals surface area contributed by atoms with Gasteiger partial charge in [0.15, 0.2) is 0 Å². The summed E-state index contributed by atoms with van der Waals surface area (Å²) < 4.78 is 15.1. The van der Waals surface area contributed by atoms with E-state index in [9.17, 15) is 0 Å². The summed E-state index contributed by atoms with van der Waals surface area (Å²) in [7, 11) is 0. The predicted molar refractivity (Wildman–Crippen MR) is 121 cm³/mol. The Morgan fingerprint density at radius 2 is 1.96 bits per heavy atom. The van der Waals surface area contributed by atoms with E-state index in [1.54, 1.807) is 0 Å². The average molecular weight is 382 g/mol. The van der Waals surface area contributed by atoms with Gasteiger partial charge in [-0.15, -0.1) is 11.8 Å². The molecule has 3 unspecified atom stereocenters. The Kier molecular flexibility index (Phi) is 9.94. The number of hydrogen-bond donors (Lipinski definition) is 0. The molecule has 0 radical (unpaired) electrons. The number of hydrogen-bond acceptors (Lipinski definition) is 1. The number of aryl methyl sites for hydroxylation is 1. The zero-order valence-electron chi connectivity index (χ0n) is 18.6. The molecule has 28 heavy (non-hydrogen) atoms. The first-order valence-electron chi connectivity index (χ1n) is 10.3. The van der Waals surface area contributed by atoms with Crippen molar-refractivity contribution < 1.29 is 4.39 Å². The molecule has 0 amide bonds. The van der Waals surface area contributed by atoms with E-state index in [2.05, 4.69) is 74.9 Å². The topological polar surface area (TPSA) is 12.9 Å². The average Bonchev–Trinajstić information content (AvgIpc) is 2.72. The number of nitrogens with zero attached hydrogens (tertiary/aromatic N) is 1. The zero-order valence-corrected chi connectivity index (χ0v) is 18.6. The summed E-state index contributed by atoms with van der Waals surface area (Å²) in [5.74, 6) is 5.47. The summed E-state index contributed by atoms with van der Waals surface area (Å²) >= 11 is 0. The van der Waals surface area contributed by atoms with E-state index in [-0.39, 0.29) is 5.92 Å². The molecule has 2 rings (SSSR count). The van der Waals surface area contributed by atoms with E-state index in [4.69, 9.17) is 0 Å². The van der Waals surface area contributed by atoms with Gasteiger partial charge in [0.2, 0.25) is 0 Å². The summed E-state index contributed by atoms with van der Waals surface area (Å²) in [4.78, 5) is 4.64. The van der Waals surface area contributed by atoms with Crippen LogP contribution in [0.5, 0.6) is 0 Å². The lowest BCUT2D eigenvalue weighted by Gasteiger charge is -2.41. The fourth-order valence-corrected chi connectivity index (χ4v) is 3.80. The Bertz CT molecular complexity index is 769. The van der Waals surface area contributed by atoms with Crippen LogP contribution in [0, 0.1) is 30.1 Å². The normalized spacial score (nSPS) is 19.4. The van der Waals surface area contributed by atoms with Crippen LogP contribution < -0.4 is 0 Å². The van der Waals surface area contributed by atoms with Crippen LogP contribution in [-0.4, -0.2) is 11.2 Å². The van der Waals surface area contributed by atoms with E-state index in [1.165, 1.54) is 11.1 Å². The SMILES string of the molecule is CC#CC.CCC=CC(C)(C(F)CC)C1CC=CC(C)=C1c1ncccc1C. The largest absolute Gasteiger partial charge is 0.256 e. The molecule has 0 aliphatic heterocycles. The first-order valence-corrected chi connectivity index (χ1v) is 10.3. The molecule has 0 bridgehead atoms. The Balaban J connectivity index is 0.000000892. The van der Waals surface area contributed by atoms with Crippen molar-refractivity contribution in [1.82, 2.24) is 4.98 Å². The minimum atomic E-state index is -0.872. The van der Waals surface area contributed by atoms with Gasteiger partial charge in [-0.2, -0.15) is 0 Å². The molecule has 0 spiro atoms. The molecule has 1 aliphatic rings. The number of rotatable bonds is 6. The zero-order chi connectivity index (χ0) is 21.2. The summed E-state index contributed by atoms with van der Waals surface area (Å²) in [5, 5.41) is 0. The van der Waals surface area contributed by atoms with Crippen molar-refractivity contribution in [2.75, 3.05) is 0 Å². The number of pyridine rings is 1. The number of aromatic nitrogens is 1. The molecule has 3 atom stereocenters. The van der Waals surface area contributed by atoms with E-state index in [1.807, 2.05) is 33.0 Å². The van der Waals surface area contributed by atoms with E-state index < -0.39 is 11.6 Å². The van der Waals surface area contributed by atoms with Crippen LogP contribution in [0.15, 0.2) is 48.2 Å². The van der Waals surface area contributed by atoms with Gasteiger partial charge in [-0.25, -0.2) is 4.39 Å². The maximum atomic E-state index is 15.1. The molecular formula is C26H36FN. The van der Waals surface area contributed by atoms with Gasteiger partial charge in [0.05, 0.1) is 5.69 Å². The van der Waals surface area contributed by atoms with E-state index in [0.29, 0.717) is 6.42 Å². The van der Waals surface area contributed by atoms with Gasteiger partial charge >= 0.3 is 0 Å². The van der Waals surface area contributed by atoms with Crippen LogP contribution in [0.3, 0.4) is 0 Å². The van der Waals surface area contributed by atoms with Crippen molar-refractivity contribution in [3.63, 3.8) is 0 Å². The molecule has 0 fully saturated rings. The highest BCUT2D eigenvalue weighted by atomic mass is 19.1. The van der Waals surface area contributed by atoms with Gasteiger partial charge in [0.25, 0.3) is 0 Å². The smallest absolute Gasteiger partial charge is 0.109 e. The fraction of sp³-hybridized carbons (Fsp3) is 0.500. The van der Waals surface area contributed by atoms with Crippen molar-refractivity contribution in [2.24, 2.45) is 11.3 Å². The molecule has 0 aromatic carbocycles. The lowest BCUT2D eigenvalue weighted by Crippen LogP contribution is -2.37. The maximum Gasteiger partial charge on any atom is 0.109 e. The Morgan fingerprint density at radius 1 is 1.29 bits per heavy atom. The first-order chi connectivity index (χ1) is 13.4. The van der Waals surface area contributed by atoms with Crippen molar-refractivity contribution >= 4 is 5.57 Å². The molecule has 2 heteroatoms. The van der Waals surface area contributed by atoms with Crippen molar-refractivity contribution in [3.05, 3.63) is 59.5 Å². The Morgan fingerprint density at radius 3 is 2.50 bits per heavy atom. The molecule has 0 saturated heterocycles. The van der Waals surface area contributed by atoms with Gasteiger partial charge in [0, 0.05) is 17.5 Å². The third kappa shape index (κ3) is 5.68. The van der Waals surface area contributed by atoms with Crippen molar-refractivity contribution in [1.29, 1.82) is 0 Å². The third-order valence-corrected chi connectivity index (χ3v) is 5.52. The summed E-state index contributed by atoms with van der Waals surface area (Å²) in [5.41, 5.74) is 4.06. The van der Waals surface area contributed by atoms with Crippen molar-refractivity contribution in [3.8, 4) is 11.8 Å². The minimum absolute atomic E-state index is 0.105. The number of allylic oxidation sites excluding steroid dienone is 6. The molecule has 1 aromatic rings. The lowest BCUT2D eigenvalue weighted by molar-refractivity contribution is 0.126. The molecule has 1 nitrogen and oxygen atoms in total. The highest BCUT2D eigenvalue weighted by Crippen LogP contribution is 2.48. The number of alkyl halides is 1. The van der Waals surface area contributed by atoms with Gasteiger partial charge in [-0.05, 0) is 69.7 Å². The molecule has 0 saturated carbocycles. The maximum absolute atomic E-state index is 15.1. The molecule has 0 N–H and O–H groups in total. The van der Waals surface area contributed by atoms with Crippen LogP contribution >= 0.6 is 0 Å². The number of halogens is 1. The monoisotopic (exact) mass is 381 g/mol. The van der Waals surface area contributed by atoms with Gasteiger partial charge in [-0.1, -0.05) is 51.1 Å². The fourth-order valence-electron chi connectivity index (χ4n) is 3.80. The van der Waals surface area contributed by atoms with Gasteiger partial charge < -0.3 is 0 Å². The predicted octanol–water partition coefficient (Wildman–Crippen LogP) is 7.49. The lowest BCUT2D eigenvalue weighted by atomic mass is 9.64. The Hall–Kier alpha value is -2.14. The van der Waals surface area contributed by atoms with Crippen LogP contribution in [-0.2, 0) is 0 Å². The molecule has 1 aromatic heterocycles. The van der Waals surface area contributed by atoms with Crippen molar-refractivity contribution in [2.45, 2.75) is 73.9 Å². The highest BCUT2D eigenvalue weighted by Gasteiger charge is 2.42. The second-order valence-corrected chi connectivity index (χ2v) is 7.51. The second kappa shape index (κ2) is 11.6. The third-order valence-electron chi connectivity index (χ3n) is 5.52.